The molecule has 1 amide bonds. The highest BCUT2D eigenvalue weighted by Crippen LogP contribution is 2.14. The number of amides is 1. The Morgan fingerprint density at radius 3 is 2.25 bits per heavy atom. The van der Waals surface area contributed by atoms with Crippen LogP contribution < -0.4 is 16.1 Å². The molecule has 0 spiro atoms. The van der Waals surface area contributed by atoms with Crippen molar-refractivity contribution < 1.29 is 4.79 Å². The first-order valence-corrected chi connectivity index (χ1v) is 8.15. The zero-order valence-corrected chi connectivity index (χ0v) is 14.2. The zero-order chi connectivity index (χ0) is 17.4. The van der Waals surface area contributed by atoms with E-state index in [1.165, 1.54) is 5.69 Å². The van der Waals surface area contributed by atoms with Crippen molar-refractivity contribution in [2.75, 3.05) is 18.0 Å². The highest BCUT2D eigenvalue weighted by molar-refractivity contribution is 5.94. The van der Waals surface area contributed by atoms with Crippen molar-refractivity contribution >= 4 is 17.8 Å². The maximum Gasteiger partial charge on any atom is 0.271 e. The van der Waals surface area contributed by atoms with Gasteiger partial charge in [0, 0.05) is 30.9 Å². The summed E-state index contributed by atoms with van der Waals surface area (Å²) < 4.78 is 0. The Bertz CT molecular complexity index is 674. The number of carbonyl (C=O) groups excluding carboxylic acids is 1. The molecule has 3 N–H and O–H groups in total. The van der Waals surface area contributed by atoms with E-state index in [4.69, 9.17) is 5.73 Å². The van der Waals surface area contributed by atoms with Crippen molar-refractivity contribution in [2.45, 2.75) is 20.4 Å². The molecule has 2 aromatic carbocycles. The summed E-state index contributed by atoms with van der Waals surface area (Å²) in [5, 5.41) is 4.01. The smallest absolute Gasteiger partial charge is 0.271 e. The van der Waals surface area contributed by atoms with E-state index in [-0.39, 0.29) is 5.91 Å². The van der Waals surface area contributed by atoms with Crippen molar-refractivity contribution in [1.29, 1.82) is 0 Å². The fraction of sp³-hybridized carbons (Fsp3) is 0.263. The first kappa shape index (κ1) is 17.7. The quantitative estimate of drug-likeness (QED) is 0.608. The fourth-order valence-electron chi connectivity index (χ4n) is 2.38. The number of hydrogen-bond acceptors (Lipinski definition) is 4. The van der Waals surface area contributed by atoms with Gasteiger partial charge in [0.2, 0.25) is 0 Å². The molecular formula is C19H24N4O. The number of benzene rings is 2. The number of hydrazone groups is 1. The molecule has 0 heterocycles. The molecule has 2 aromatic rings. The second kappa shape index (κ2) is 8.84. The van der Waals surface area contributed by atoms with Gasteiger partial charge in [0.05, 0.1) is 6.21 Å². The highest BCUT2D eigenvalue weighted by Gasteiger charge is 2.03. The number of nitrogens with two attached hydrogens (primary N) is 1. The second-order valence-electron chi connectivity index (χ2n) is 5.36. The molecule has 24 heavy (non-hydrogen) atoms. The van der Waals surface area contributed by atoms with Crippen LogP contribution in [0.5, 0.6) is 0 Å². The SMILES string of the molecule is CCN(CC)c1ccc(/C=N\NC(=O)c2ccc(CN)cc2)cc1. The zero-order valence-electron chi connectivity index (χ0n) is 14.2. The molecule has 0 unspecified atom stereocenters. The monoisotopic (exact) mass is 324 g/mol. The number of anilines is 1. The fourth-order valence-corrected chi connectivity index (χ4v) is 2.38. The Kier molecular flexibility index (Phi) is 6.51. The average Bonchev–Trinajstić information content (AvgIpc) is 2.64. The maximum atomic E-state index is 12.0. The minimum Gasteiger partial charge on any atom is -0.372 e. The van der Waals surface area contributed by atoms with Crippen LogP contribution >= 0.6 is 0 Å². The van der Waals surface area contributed by atoms with Crippen LogP contribution in [0.15, 0.2) is 53.6 Å². The van der Waals surface area contributed by atoms with Crippen LogP contribution in [-0.4, -0.2) is 25.2 Å². The molecule has 0 aromatic heterocycles. The minimum absolute atomic E-state index is 0.241. The third kappa shape index (κ3) is 4.67. The van der Waals surface area contributed by atoms with Gasteiger partial charge in [0.1, 0.15) is 0 Å². The Morgan fingerprint density at radius 2 is 1.71 bits per heavy atom. The van der Waals surface area contributed by atoms with Gasteiger partial charge in [-0.3, -0.25) is 4.79 Å². The molecule has 0 aliphatic rings. The molecule has 0 fully saturated rings. The van der Waals surface area contributed by atoms with Crippen LogP contribution in [-0.2, 0) is 6.54 Å². The normalized spacial score (nSPS) is 10.8. The predicted octanol–water partition coefficient (Wildman–Crippen LogP) is 2.76. The lowest BCUT2D eigenvalue weighted by atomic mass is 10.1. The molecule has 126 valence electrons. The molecular weight excluding hydrogens is 300 g/mol. The van der Waals surface area contributed by atoms with E-state index < -0.39 is 0 Å². The van der Waals surface area contributed by atoms with Crippen molar-refractivity contribution in [2.24, 2.45) is 10.8 Å². The largest absolute Gasteiger partial charge is 0.372 e. The topological polar surface area (TPSA) is 70.7 Å². The summed E-state index contributed by atoms with van der Waals surface area (Å²) in [5.41, 5.74) is 11.7. The van der Waals surface area contributed by atoms with Gasteiger partial charge in [-0.15, -0.1) is 0 Å². The van der Waals surface area contributed by atoms with E-state index in [1.807, 2.05) is 24.3 Å². The van der Waals surface area contributed by atoms with Crippen LogP contribution in [0.4, 0.5) is 5.69 Å². The second-order valence-corrected chi connectivity index (χ2v) is 5.36. The first-order valence-electron chi connectivity index (χ1n) is 8.15. The van der Waals surface area contributed by atoms with Crippen LogP contribution in [0.25, 0.3) is 0 Å². The van der Waals surface area contributed by atoms with Crippen molar-refractivity contribution in [3.8, 4) is 0 Å². The third-order valence-corrected chi connectivity index (χ3v) is 3.85. The van der Waals surface area contributed by atoms with E-state index in [0.29, 0.717) is 12.1 Å². The number of rotatable bonds is 7. The van der Waals surface area contributed by atoms with Gasteiger partial charge in [0.15, 0.2) is 0 Å². The Morgan fingerprint density at radius 1 is 1.08 bits per heavy atom. The molecule has 0 radical (unpaired) electrons. The lowest BCUT2D eigenvalue weighted by Crippen LogP contribution is -2.21. The summed E-state index contributed by atoms with van der Waals surface area (Å²) in [6.45, 7) is 6.68. The van der Waals surface area contributed by atoms with E-state index in [2.05, 4.69) is 41.4 Å². The van der Waals surface area contributed by atoms with E-state index in [1.54, 1.807) is 18.3 Å². The summed E-state index contributed by atoms with van der Waals surface area (Å²) in [6.07, 6.45) is 1.64. The minimum atomic E-state index is -0.241. The van der Waals surface area contributed by atoms with E-state index in [0.717, 1.165) is 24.2 Å². The van der Waals surface area contributed by atoms with Gasteiger partial charge in [-0.25, -0.2) is 5.43 Å². The third-order valence-electron chi connectivity index (χ3n) is 3.85. The summed E-state index contributed by atoms with van der Waals surface area (Å²) in [5.74, 6) is -0.241. The number of nitrogens with one attached hydrogen (secondary N) is 1. The number of nitrogens with zero attached hydrogens (tertiary/aromatic N) is 2. The van der Waals surface area contributed by atoms with Crippen molar-refractivity contribution in [1.82, 2.24) is 5.43 Å². The van der Waals surface area contributed by atoms with Gasteiger partial charge in [0.25, 0.3) is 5.91 Å². The first-order chi connectivity index (χ1) is 11.7. The summed E-state index contributed by atoms with van der Waals surface area (Å²) >= 11 is 0. The molecule has 0 atom stereocenters. The van der Waals surface area contributed by atoms with E-state index in [9.17, 15) is 4.79 Å². The van der Waals surface area contributed by atoms with Gasteiger partial charge in [-0.2, -0.15) is 5.10 Å². The Balaban J connectivity index is 1.94. The lowest BCUT2D eigenvalue weighted by Gasteiger charge is -2.20. The van der Waals surface area contributed by atoms with Crippen molar-refractivity contribution in [3.05, 3.63) is 65.2 Å². The molecule has 0 bridgehead atoms. The van der Waals surface area contributed by atoms with Crippen LogP contribution in [0.3, 0.4) is 0 Å². The number of hydrogen-bond donors (Lipinski definition) is 2. The van der Waals surface area contributed by atoms with Gasteiger partial charge in [-0.1, -0.05) is 24.3 Å². The highest BCUT2D eigenvalue weighted by atomic mass is 16.2. The van der Waals surface area contributed by atoms with Crippen LogP contribution in [0, 0.1) is 0 Å². The molecule has 0 aliphatic carbocycles. The van der Waals surface area contributed by atoms with E-state index >= 15 is 0 Å². The van der Waals surface area contributed by atoms with Gasteiger partial charge < -0.3 is 10.6 Å². The summed E-state index contributed by atoms with van der Waals surface area (Å²) in [7, 11) is 0. The average molecular weight is 324 g/mol. The summed E-state index contributed by atoms with van der Waals surface area (Å²) in [6, 6.07) is 15.2. The predicted molar refractivity (Wildman–Crippen MR) is 99.4 cm³/mol. The molecule has 0 aliphatic heterocycles. The molecule has 0 saturated heterocycles. The van der Waals surface area contributed by atoms with Crippen LogP contribution in [0.2, 0.25) is 0 Å². The lowest BCUT2D eigenvalue weighted by molar-refractivity contribution is 0.0955. The van der Waals surface area contributed by atoms with Gasteiger partial charge >= 0.3 is 0 Å². The van der Waals surface area contributed by atoms with Crippen LogP contribution in [0.1, 0.15) is 35.3 Å². The molecule has 2 rings (SSSR count). The van der Waals surface area contributed by atoms with Crippen molar-refractivity contribution in [3.63, 3.8) is 0 Å². The van der Waals surface area contributed by atoms with Gasteiger partial charge in [-0.05, 0) is 49.2 Å². The Hall–Kier alpha value is -2.66. The Labute approximate surface area is 143 Å². The molecule has 0 saturated carbocycles. The molecule has 5 heteroatoms. The maximum absolute atomic E-state index is 12.0. The number of carbonyl (C=O) groups is 1. The standard InChI is InChI=1S/C19H24N4O/c1-3-23(4-2)18-11-7-16(8-12-18)14-21-22-19(24)17-9-5-15(13-20)6-10-17/h5-12,14H,3-4,13,20H2,1-2H3,(H,22,24)/b21-14-. The molecule has 5 nitrogen and oxygen atoms in total. The summed E-state index contributed by atoms with van der Waals surface area (Å²) in [4.78, 5) is 14.3.